The van der Waals surface area contributed by atoms with Crippen molar-refractivity contribution in [2.45, 2.75) is 26.3 Å². The Balaban J connectivity index is 0.00000210. The van der Waals surface area contributed by atoms with E-state index in [2.05, 4.69) is 22.2 Å². The predicted octanol–water partition coefficient (Wildman–Crippen LogP) is -0.104. The maximum atomic E-state index is 12.5. The van der Waals surface area contributed by atoms with Crippen LogP contribution in [-0.2, 0) is 6.54 Å². The number of nitrogens with zero attached hydrogens (tertiary/aromatic N) is 3. The third-order valence-electron chi connectivity index (χ3n) is 4.33. The number of fused-ring (bicyclic) bond motifs is 1. The van der Waals surface area contributed by atoms with Crippen LogP contribution in [0.25, 0.3) is 11.0 Å². The zero-order chi connectivity index (χ0) is 19.2. The molecule has 3 aromatic rings. The topological polar surface area (TPSA) is 108 Å². The minimum atomic E-state index is -0.115. The number of methoxy groups -OCH3 is 2. The van der Waals surface area contributed by atoms with Gasteiger partial charge in [-0.15, -0.1) is 0 Å². The summed E-state index contributed by atoms with van der Waals surface area (Å²) in [4.78, 5) is 21.4. The van der Waals surface area contributed by atoms with Crippen LogP contribution >= 0.6 is 0 Å². The van der Waals surface area contributed by atoms with Gasteiger partial charge in [-0.25, -0.2) is 4.98 Å². The molecular formula is C20H25KN4O4. The second-order valence-electron chi connectivity index (χ2n) is 6.20. The van der Waals surface area contributed by atoms with Crippen LogP contribution in [-0.4, -0.2) is 40.8 Å². The number of unbranched alkanes of at least 4 members (excludes halogenated alkanes) is 1. The molecule has 29 heavy (non-hydrogen) atoms. The van der Waals surface area contributed by atoms with Gasteiger partial charge in [-0.1, -0.05) is 19.4 Å². The number of ether oxygens (including phenoxy) is 2. The van der Waals surface area contributed by atoms with E-state index < -0.39 is 0 Å². The van der Waals surface area contributed by atoms with Crippen molar-refractivity contribution in [3.8, 4) is 11.5 Å². The van der Waals surface area contributed by atoms with Crippen LogP contribution in [0, 0.1) is 0 Å². The molecular weight excluding hydrogens is 399 g/mol. The molecule has 3 rings (SSSR count). The summed E-state index contributed by atoms with van der Waals surface area (Å²) in [6, 6.07) is 8.90. The Kier molecular flexibility index (Phi) is 10.8. The summed E-state index contributed by atoms with van der Waals surface area (Å²) in [5.41, 5.74) is 1.41. The summed E-state index contributed by atoms with van der Waals surface area (Å²) >= 11 is 0. The van der Waals surface area contributed by atoms with Crippen LogP contribution in [0.15, 0.2) is 41.3 Å². The van der Waals surface area contributed by atoms with E-state index in [1.165, 1.54) is 6.07 Å². The zero-order valence-corrected chi connectivity index (χ0v) is 20.4. The Bertz CT molecular complexity index is 994. The Morgan fingerprint density at radius 1 is 1.10 bits per heavy atom. The number of nitrogens with one attached hydrogen (secondary N) is 1. The van der Waals surface area contributed by atoms with Crippen LogP contribution in [0.2, 0.25) is 0 Å². The fourth-order valence-electron chi connectivity index (χ4n) is 2.85. The minimum Gasteiger partial charge on any atom is -0.870 e. The molecule has 8 nitrogen and oxygen atoms in total. The van der Waals surface area contributed by atoms with E-state index in [4.69, 9.17) is 9.47 Å². The second-order valence-corrected chi connectivity index (χ2v) is 6.20. The fraction of sp³-hybridized carbons (Fsp3) is 0.350. The molecule has 0 fully saturated rings. The number of benzene rings is 1. The summed E-state index contributed by atoms with van der Waals surface area (Å²) < 4.78 is 12.3. The Labute approximate surface area is 212 Å². The van der Waals surface area contributed by atoms with Crippen LogP contribution in [0.4, 0.5) is 5.95 Å². The normalized spacial score (nSPS) is 10.0. The molecule has 2 aromatic heterocycles. The molecule has 0 unspecified atom stereocenters. The van der Waals surface area contributed by atoms with Gasteiger partial charge in [-0.2, -0.15) is 4.98 Å². The molecule has 0 bridgehead atoms. The molecule has 0 aliphatic rings. The average Bonchev–Trinajstić information content (AvgIpc) is 2.70. The standard InChI is InChI=1S/C20H24N4O3.K.H2O/c1-4-5-10-21-20-22-12-15-7-9-18(25)24(19(15)23-20)13-14-6-8-16(26-2)17(11-14)27-3;;/h6-9,11-12H,4-5,10,13H2,1-3H3,(H,21,22,23);;1H2/q;+1;/p-1. The summed E-state index contributed by atoms with van der Waals surface area (Å²) in [5.74, 6) is 1.80. The smallest absolute Gasteiger partial charge is 0.870 e. The zero-order valence-electron chi connectivity index (χ0n) is 17.3. The first-order valence-electron chi connectivity index (χ1n) is 8.97. The minimum absolute atomic E-state index is 0. The number of anilines is 1. The van der Waals surface area contributed by atoms with Crippen LogP contribution in [0.1, 0.15) is 25.3 Å². The molecule has 9 heteroatoms. The van der Waals surface area contributed by atoms with Gasteiger partial charge in [0.25, 0.3) is 5.56 Å². The molecule has 2 N–H and O–H groups in total. The quantitative estimate of drug-likeness (QED) is 0.397. The SMILES string of the molecule is CCCCNc1ncc2ccc(=O)n(Cc3ccc(OC)c(OC)c3)c2n1.[K+].[OH-]. The molecule has 0 aliphatic heterocycles. The third-order valence-corrected chi connectivity index (χ3v) is 4.33. The molecule has 0 radical (unpaired) electrons. The van der Waals surface area contributed by atoms with Gasteiger partial charge in [0, 0.05) is 24.2 Å². The van der Waals surface area contributed by atoms with Crippen molar-refractivity contribution in [3.63, 3.8) is 0 Å². The summed E-state index contributed by atoms with van der Waals surface area (Å²) in [7, 11) is 3.18. The van der Waals surface area contributed by atoms with Crippen molar-refractivity contribution in [1.82, 2.24) is 14.5 Å². The third kappa shape index (κ3) is 6.24. The van der Waals surface area contributed by atoms with Gasteiger partial charge in [0.05, 0.1) is 20.8 Å². The monoisotopic (exact) mass is 424 g/mol. The molecule has 0 atom stereocenters. The molecule has 0 saturated heterocycles. The largest absolute Gasteiger partial charge is 1.00 e. The number of pyridine rings is 1. The van der Waals surface area contributed by atoms with Gasteiger partial charge in [-0.3, -0.25) is 9.36 Å². The molecule has 150 valence electrons. The maximum Gasteiger partial charge on any atom is 1.00 e. The van der Waals surface area contributed by atoms with E-state index in [9.17, 15) is 4.79 Å². The first-order valence-corrected chi connectivity index (χ1v) is 8.97. The van der Waals surface area contributed by atoms with Crippen molar-refractivity contribution in [2.75, 3.05) is 26.1 Å². The first kappa shape index (κ1) is 25.5. The predicted molar refractivity (Wildman–Crippen MR) is 108 cm³/mol. The van der Waals surface area contributed by atoms with Crippen molar-refractivity contribution in [1.29, 1.82) is 0 Å². The number of hydrogen-bond acceptors (Lipinski definition) is 7. The average molecular weight is 425 g/mol. The summed E-state index contributed by atoms with van der Waals surface area (Å²) in [5, 5.41) is 4.02. The van der Waals surface area contributed by atoms with Gasteiger partial charge >= 0.3 is 51.4 Å². The van der Waals surface area contributed by atoms with Crippen LogP contribution in [0.3, 0.4) is 0 Å². The Morgan fingerprint density at radius 2 is 1.86 bits per heavy atom. The van der Waals surface area contributed by atoms with E-state index in [1.807, 2.05) is 18.2 Å². The first-order chi connectivity index (χ1) is 13.2. The molecule has 2 heterocycles. The van der Waals surface area contributed by atoms with Crippen molar-refractivity contribution in [3.05, 3.63) is 52.4 Å². The van der Waals surface area contributed by atoms with Gasteiger partial charge in [0.15, 0.2) is 11.5 Å². The molecule has 0 amide bonds. The summed E-state index contributed by atoms with van der Waals surface area (Å²) in [6.45, 7) is 3.31. The fourth-order valence-corrected chi connectivity index (χ4v) is 2.85. The second kappa shape index (κ2) is 12.3. The number of hydrogen-bond donors (Lipinski definition) is 1. The molecule has 0 saturated carbocycles. The Morgan fingerprint density at radius 3 is 2.55 bits per heavy atom. The Hall–Kier alpha value is -1.49. The van der Waals surface area contributed by atoms with Crippen LogP contribution in [0.5, 0.6) is 11.5 Å². The van der Waals surface area contributed by atoms with E-state index in [0.29, 0.717) is 29.6 Å². The summed E-state index contributed by atoms with van der Waals surface area (Å²) in [6.07, 6.45) is 3.86. The van der Waals surface area contributed by atoms with E-state index in [0.717, 1.165) is 30.3 Å². The van der Waals surface area contributed by atoms with E-state index in [1.54, 1.807) is 31.0 Å². The number of aromatic nitrogens is 3. The molecule has 1 aromatic carbocycles. The molecule has 0 spiro atoms. The van der Waals surface area contributed by atoms with Gasteiger partial charge in [-0.05, 0) is 30.2 Å². The maximum absolute atomic E-state index is 12.5. The number of rotatable bonds is 8. The van der Waals surface area contributed by atoms with Crippen molar-refractivity contribution in [2.24, 2.45) is 0 Å². The van der Waals surface area contributed by atoms with Gasteiger partial charge in [0.2, 0.25) is 5.95 Å². The van der Waals surface area contributed by atoms with Gasteiger partial charge in [0.1, 0.15) is 5.65 Å². The van der Waals surface area contributed by atoms with Crippen LogP contribution < -0.4 is 71.7 Å². The van der Waals surface area contributed by atoms with E-state index in [-0.39, 0.29) is 62.4 Å². The van der Waals surface area contributed by atoms with Crippen molar-refractivity contribution >= 4 is 17.0 Å². The van der Waals surface area contributed by atoms with Crippen molar-refractivity contribution < 1.29 is 66.3 Å². The van der Waals surface area contributed by atoms with Gasteiger partial charge < -0.3 is 20.3 Å². The molecule has 0 aliphatic carbocycles. The van der Waals surface area contributed by atoms with E-state index >= 15 is 0 Å².